The summed E-state index contributed by atoms with van der Waals surface area (Å²) >= 11 is 0. The second kappa shape index (κ2) is 6.15. The molecule has 0 aliphatic heterocycles. The lowest BCUT2D eigenvalue weighted by Gasteiger charge is -2.35. The highest BCUT2D eigenvalue weighted by Gasteiger charge is 2.29. The maximum absolute atomic E-state index is 9.92. The molecular weight excluding hydrogens is 214 g/mol. The van der Waals surface area contributed by atoms with Crippen LogP contribution in [0.1, 0.15) is 24.5 Å². The molecule has 0 spiro atoms. The number of rotatable bonds is 6. The minimum atomic E-state index is -0.500. The second-order valence-electron chi connectivity index (χ2n) is 4.78. The lowest BCUT2D eigenvalue weighted by molar-refractivity contribution is -0.0643. The van der Waals surface area contributed by atoms with Crippen molar-refractivity contribution in [2.75, 3.05) is 20.2 Å². The van der Waals surface area contributed by atoms with Gasteiger partial charge in [0, 0.05) is 0 Å². The van der Waals surface area contributed by atoms with E-state index < -0.39 is 6.10 Å². The van der Waals surface area contributed by atoms with E-state index in [2.05, 4.69) is 5.32 Å². The molecule has 3 nitrogen and oxygen atoms in total. The highest BCUT2D eigenvalue weighted by atomic mass is 16.5. The van der Waals surface area contributed by atoms with E-state index in [0.29, 0.717) is 12.7 Å². The largest absolute Gasteiger partial charge is 0.386 e. The third-order valence-corrected chi connectivity index (χ3v) is 3.36. The molecule has 1 aromatic carbocycles. The third kappa shape index (κ3) is 3.53. The minimum Gasteiger partial charge on any atom is -0.386 e. The molecule has 2 N–H and O–H groups in total. The van der Waals surface area contributed by atoms with Crippen LogP contribution in [-0.2, 0) is 4.74 Å². The first kappa shape index (κ1) is 12.6. The van der Waals surface area contributed by atoms with Crippen LogP contribution < -0.4 is 5.32 Å². The molecule has 0 aromatic heterocycles. The highest BCUT2D eigenvalue weighted by molar-refractivity contribution is 5.17. The summed E-state index contributed by atoms with van der Waals surface area (Å²) in [7, 11) is 1.98. The number of hydrogen-bond acceptors (Lipinski definition) is 3. The van der Waals surface area contributed by atoms with Gasteiger partial charge >= 0.3 is 0 Å². The highest BCUT2D eigenvalue weighted by Crippen LogP contribution is 2.30. The quantitative estimate of drug-likeness (QED) is 0.789. The van der Waals surface area contributed by atoms with Crippen molar-refractivity contribution in [3.63, 3.8) is 0 Å². The molecule has 0 amide bonds. The normalized spacial score (nSPS) is 25.3. The van der Waals surface area contributed by atoms with Gasteiger partial charge in [0.25, 0.3) is 0 Å². The summed E-state index contributed by atoms with van der Waals surface area (Å²) in [5, 5.41) is 13.1. The molecule has 1 aromatic rings. The topological polar surface area (TPSA) is 41.5 Å². The molecule has 0 radical (unpaired) electrons. The van der Waals surface area contributed by atoms with Crippen LogP contribution in [0.15, 0.2) is 30.3 Å². The van der Waals surface area contributed by atoms with Crippen molar-refractivity contribution in [3.05, 3.63) is 35.9 Å². The summed E-state index contributed by atoms with van der Waals surface area (Å²) in [6.45, 7) is 1.47. The second-order valence-corrected chi connectivity index (χ2v) is 4.78. The molecule has 3 heteroatoms. The van der Waals surface area contributed by atoms with Crippen molar-refractivity contribution in [3.8, 4) is 0 Å². The first-order valence-electron chi connectivity index (χ1n) is 6.28. The molecule has 94 valence electrons. The Bertz CT molecular complexity index is 322. The van der Waals surface area contributed by atoms with Crippen molar-refractivity contribution in [1.82, 2.24) is 5.32 Å². The zero-order valence-corrected chi connectivity index (χ0v) is 10.3. The van der Waals surface area contributed by atoms with Crippen LogP contribution in [0.3, 0.4) is 0 Å². The predicted molar refractivity (Wildman–Crippen MR) is 67.8 cm³/mol. The van der Waals surface area contributed by atoms with E-state index in [0.717, 1.165) is 30.9 Å². The van der Waals surface area contributed by atoms with Crippen LogP contribution in [-0.4, -0.2) is 31.4 Å². The van der Waals surface area contributed by atoms with Gasteiger partial charge in [0.1, 0.15) is 6.10 Å². The Kier molecular flexibility index (Phi) is 4.54. The van der Waals surface area contributed by atoms with E-state index in [1.807, 2.05) is 37.4 Å². The minimum absolute atomic E-state index is 0.340. The molecular formula is C14H21NO2. The van der Waals surface area contributed by atoms with E-state index in [9.17, 15) is 5.11 Å². The SMILES string of the molecule is CNCC1CC(OCC(O)c2ccccc2)C1. The average molecular weight is 235 g/mol. The number of aliphatic hydroxyl groups excluding tert-OH is 1. The Hall–Kier alpha value is -0.900. The summed E-state index contributed by atoms with van der Waals surface area (Å²) < 4.78 is 5.69. The fourth-order valence-electron chi connectivity index (χ4n) is 2.26. The van der Waals surface area contributed by atoms with Gasteiger partial charge in [-0.05, 0) is 37.9 Å². The summed E-state index contributed by atoms with van der Waals surface area (Å²) in [5.74, 6) is 0.749. The molecule has 17 heavy (non-hydrogen) atoms. The van der Waals surface area contributed by atoms with Crippen LogP contribution in [0.25, 0.3) is 0 Å². The van der Waals surface area contributed by atoms with Crippen LogP contribution in [0.2, 0.25) is 0 Å². The molecule has 1 saturated carbocycles. The Labute approximate surface area is 103 Å². The molecule has 0 saturated heterocycles. The van der Waals surface area contributed by atoms with Crippen LogP contribution in [0, 0.1) is 5.92 Å². The average Bonchev–Trinajstić information content (AvgIpc) is 2.32. The van der Waals surface area contributed by atoms with Crippen molar-refractivity contribution in [2.45, 2.75) is 25.0 Å². The van der Waals surface area contributed by atoms with Crippen LogP contribution in [0.5, 0.6) is 0 Å². The smallest absolute Gasteiger partial charge is 0.102 e. The number of ether oxygens (including phenoxy) is 1. The fraction of sp³-hybridized carbons (Fsp3) is 0.571. The van der Waals surface area contributed by atoms with E-state index >= 15 is 0 Å². The number of nitrogens with one attached hydrogen (secondary N) is 1. The fourth-order valence-corrected chi connectivity index (χ4v) is 2.26. The number of aliphatic hydroxyl groups is 1. The predicted octanol–water partition coefficient (Wildman–Crippen LogP) is 1.73. The van der Waals surface area contributed by atoms with Gasteiger partial charge in [-0.15, -0.1) is 0 Å². The van der Waals surface area contributed by atoms with Gasteiger partial charge in [-0.3, -0.25) is 0 Å². The summed E-state index contributed by atoms with van der Waals surface area (Å²) in [4.78, 5) is 0. The van der Waals surface area contributed by atoms with E-state index in [1.54, 1.807) is 0 Å². The van der Waals surface area contributed by atoms with Gasteiger partial charge < -0.3 is 15.2 Å². The maximum atomic E-state index is 9.92. The van der Waals surface area contributed by atoms with E-state index in [-0.39, 0.29) is 0 Å². The zero-order chi connectivity index (χ0) is 12.1. The zero-order valence-electron chi connectivity index (χ0n) is 10.3. The number of benzene rings is 1. The molecule has 1 atom stereocenters. The summed E-state index contributed by atoms with van der Waals surface area (Å²) in [5.41, 5.74) is 0.929. The van der Waals surface area contributed by atoms with Gasteiger partial charge in [0.15, 0.2) is 0 Å². The Morgan fingerprint density at radius 1 is 1.35 bits per heavy atom. The van der Waals surface area contributed by atoms with Crippen molar-refractivity contribution >= 4 is 0 Å². The first-order valence-corrected chi connectivity index (χ1v) is 6.28. The molecule has 0 heterocycles. The van der Waals surface area contributed by atoms with Gasteiger partial charge in [-0.1, -0.05) is 30.3 Å². The van der Waals surface area contributed by atoms with Gasteiger partial charge in [0.05, 0.1) is 12.7 Å². The van der Waals surface area contributed by atoms with Crippen molar-refractivity contribution in [2.24, 2.45) is 5.92 Å². The monoisotopic (exact) mass is 235 g/mol. The number of hydrogen-bond donors (Lipinski definition) is 2. The molecule has 1 unspecified atom stereocenters. The van der Waals surface area contributed by atoms with Gasteiger partial charge in [-0.2, -0.15) is 0 Å². The van der Waals surface area contributed by atoms with Crippen molar-refractivity contribution < 1.29 is 9.84 Å². The standard InChI is InChI=1S/C14H21NO2/c1-15-9-11-7-13(8-11)17-10-14(16)12-5-3-2-4-6-12/h2-6,11,13-16H,7-10H2,1H3. The van der Waals surface area contributed by atoms with Crippen LogP contribution in [0.4, 0.5) is 0 Å². The van der Waals surface area contributed by atoms with E-state index in [1.165, 1.54) is 0 Å². The van der Waals surface area contributed by atoms with Crippen LogP contribution >= 0.6 is 0 Å². The maximum Gasteiger partial charge on any atom is 0.102 e. The third-order valence-electron chi connectivity index (χ3n) is 3.36. The van der Waals surface area contributed by atoms with E-state index in [4.69, 9.17) is 4.74 Å². The lowest BCUT2D eigenvalue weighted by atomic mass is 9.82. The molecule has 1 fully saturated rings. The molecule has 0 bridgehead atoms. The van der Waals surface area contributed by atoms with Gasteiger partial charge in [0.2, 0.25) is 0 Å². The van der Waals surface area contributed by atoms with Gasteiger partial charge in [-0.25, -0.2) is 0 Å². The van der Waals surface area contributed by atoms with Crippen molar-refractivity contribution in [1.29, 1.82) is 0 Å². The Balaban J connectivity index is 1.66. The Morgan fingerprint density at radius 2 is 2.06 bits per heavy atom. The molecule has 1 aliphatic rings. The lowest BCUT2D eigenvalue weighted by Crippen LogP contribution is -2.37. The summed E-state index contributed by atoms with van der Waals surface area (Å²) in [6, 6.07) is 9.68. The Morgan fingerprint density at radius 3 is 2.71 bits per heavy atom. The first-order chi connectivity index (χ1) is 8.29. The molecule has 1 aliphatic carbocycles. The molecule has 2 rings (SSSR count). The summed E-state index contributed by atoms with van der Waals surface area (Å²) in [6.07, 6.45) is 2.07.